The minimum Gasteiger partial charge on any atom is -0.388 e. The zero-order chi connectivity index (χ0) is 16.1. The Morgan fingerprint density at radius 1 is 1.04 bits per heavy atom. The van der Waals surface area contributed by atoms with Crippen LogP contribution in [0.3, 0.4) is 0 Å². The molecule has 2 aromatic carbocycles. The van der Waals surface area contributed by atoms with Gasteiger partial charge in [-0.1, -0.05) is 49.4 Å². The number of aliphatic hydroxyl groups is 1. The van der Waals surface area contributed by atoms with E-state index in [0.717, 1.165) is 44.3 Å². The van der Waals surface area contributed by atoms with E-state index in [2.05, 4.69) is 36.1 Å². The van der Waals surface area contributed by atoms with Crippen molar-refractivity contribution in [3.8, 4) is 0 Å². The number of nitrogens with zero attached hydrogens (tertiary/aromatic N) is 1. The third-order valence-corrected chi connectivity index (χ3v) is 4.87. The number of rotatable bonds is 5. The van der Waals surface area contributed by atoms with Crippen LogP contribution in [0, 0.1) is 12.8 Å². The summed E-state index contributed by atoms with van der Waals surface area (Å²) in [5, 5.41) is 10.6. The van der Waals surface area contributed by atoms with E-state index >= 15 is 0 Å². The van der Waals surface area contributed by atoms with Gasteiger partial charge in [0.2, 0.25) is 0 Å². The first-order valence-electron chi connectivity index (χ1n) is 8.64. The van der Waals surface area contributed by atoms with Crippen LogP contribution >= 0.6 is 0 Å². The van der Waals surface area contributed by atoms with E-state index in [-0.39, 0.29) is 6.10 Å². The predicted octanol–water partition coefficient (Wildman–Crippen LogP) is 4.40. The molecule has 2 heteroatoms. The van der Waals surface area contributed by atoms with E-state index in [9.17, 15) is 5.11 Å². The van der Waals surface area contributed by atoms with Crippen molar-refractivity contribution < 1.29 is 5.11 Å². The average Bonchev–Trinajstić information content (AvgIpc) is 2.62. The molecule has 0 saturated carbocycles. The van der Waals surface area contributed by atoms with Crippen molar-refractivity contribution in [2.24, 2.45) is 5.92 Å². The second-order valence-corrected chi connectivity index (χ2v) is 6.45. The maximum atomic E-state index is 10.6. The highest BCUT2D eigenvalue weighted by molar-refractivity contribution is 5.49. The van der Waals surface area contributed by atoms with Crippen molar-refractivity contribution in [1.29, 1.82) is 0 Å². The van der Waals surface area contributed by atoms with Crippen molar-refractivity contribution in [2.75, 3.05) is 18.0 Å². The normalized spacial score (nSPS) is 17.2. The van der Waals surface area contributed by atoms with Crippen LogP contribution in [0.1, 0.15) is 36.5 Å². The second kappa shape index (κ2) is 7.65. The van der Waals surface area contributed by atoms with Gasteiger partial charge in [0.15, 0.2) is 0 Å². The van der Waals surface area contributed by atoms with Gasteiger partial charge in [0, 0.05) is 18.8 Å². The van der Waals surface area contributed by atoms with Crippen LogP contribution in [0.15, 0.2) is 54.6 Å². The molecule has 1 radical (unpaired) electrons. The number of hydrogen-bond acceptors (Lipinski definition) is 2. The molecule has 0 bridgehead atoms. The average molecular weight is 308 g/mol. The highest BCUT2D eigenvalue weighted by Crippen LogP contribution is 2.32. The molecule has 1 N–H and O–H groups in total. The van der Waals surface area contributed by atoms with Gasteiger partial charge in [0.1, 0.15) is 0 Å². The van der Waals surface area contributed by atoms with Crippen molar-refractivity contribution in [2.45, 2.75) is 31.8 Å². The highest BCUT2D eigenvalue weighted by atomic mass is 16.3. The Morgan fingerprint density at radius 3 is 2.48 bits per heavy atom. The van der Waals surface area contributed by atoms with Crippen molar-refractivity contribution in [3.05, 3.63) is 72.6 Å². The van der Waals surface area contributed by atoms with Crippen LogP contribution in [0.5, 0.6) is 0 Å². The molecule has 1 aliphatic heterocycles. The molecule has 1 heterocycles. The molecule has 3 rings (SSSR count). The van der Waals surface area contributed by atoms with E-state index < -0.39 is 0 Å². The fraction of sp³-hybridized carbons (Fsp3) is 0.381. The van der Waals surface area contributed by atoms with E-state index in [4.69, 9.17) is 0 Å². The zero-order valence-electron chi connectivity index (χ0n) is 13.7. The quantitative estimate of drug-likeness (QED) is 0.885. The minimum atomic E-state index is -0.337. The maximum absolute atomic E-state index is 10.6. The molecule has 1 atom stereocenters. The van der Waals surface area contributed by atoms with Crippen molar-refractivity contribution in [3.63, 3.8) is 0 Å². The number of piperidine rings is 1. The van der Waals surface area contributed by atoms with Gasteiger partial charge in [-0.15, -0.1) is 0 Å². The maximum Gasteiger partial charge on any atom is 0.0819 e. The first-order valence-corrected chi connectivity index (χ1v) is 8.64. The summed E-state index contributed by atoms with van der Waals surface area (Å²) in [4.78, 5) is 2.45. The summed E-state index contributed by atoms with van der Waals surface area (Å²) < 4.78 is 0. The molecule has 0 aromatic heterocycles. The number of hydrogen-bond donors (Lipinski definition) is 1. The summed E-state index contributed by atoms with van der Waals surface area (Å²) in [5.74, 6) is 0.358. The van der Waals surface area contributed by atoms with Crippen LogP contribution in [0.25, 0.3) is 0 Å². The second-order valence-electron chi connectivity index (χ2n) is 6.45. The highest BCUT2D eigenvalue weighted by Gasteiger charge is 2.26. The van der Waals surface area contributed by atoms with Gasteiger partial charge in [0.25, 0.3) is 0 Å². The molecular formula is C21H26NO. The Morgan fingerprint density at radius 2 is 1.78 bits per heavy atom. The zero-order valence-corrected chi connectivity index (χ0v) is 13.7. The third-order valence-electron chi connectivity index (χ3n) is 4.87. The molecule has 2 nitrogen and oxygen atoms in total. The first-order chi connectivity index (χ1) is 11.3. The Hall–Kier alpha value is -1.80. The molecule has 23 heavy (non-hydrogen) atoms. The summed E-state index contributed by atoms with van der Waals surface area (Å²) in [5.41, 5.74) is 3.72. The van der Waals surface area contributed by atoms with Gasteiger partial charge in [0.05, 0.1) is 6.10 Å². The van der Waals surface area contributed by atoms with Crippen LogP contribution in [0.4, 0.5) is 5.69 Å². The Labute approximate surface area is 139 Å². The molecule has 121 valence electrons. The summed E-state index contributed by atoms with van der Waals surface area (Å²) in [6, 6.07) is 18.9. The lowest BCUT2D eigenvalue weighted by Crippen LogP contribution is -2.35. The third kappa shape index (κ3) is 3.94. The predicted molar refractivity (Wildman–Crippen MR) is 96.5 cm³/mol. The molecular weight excluding hydrogens is 282 g/mol. The Bertz CT molecular complexity index is 602. The van der Waals surface area contributed by atoms with Crippen LogP contribution in [0.2, 0.25) is 0 Å². The molecule has 0 aliphatic carbocycles. The number of anilines is 1. The summed E-state index contributed by atoms with van der Waals surface area (Å²) in [7, 11) is 0. The molecule has 0 spiro atoms. The van der Waals surface area contributed by atoms with Gasteiger partial charge in [-0.25, -0.2) is 0 Å². The summed E-state index contributed by atoms with van der Waals surface area (Å²) in [6.45, 7) is 5.97. The van der Waals surface area contributed by atoms with Crippen LogP contribution < -0.4 is 4.90 Å². The fourth-order valence-corrected chi connectivity index (χ4v) is 3.51. The Balaban J connectivity index is 1.61. The van der Waals surface area contributed by atoms with Crippen LogP contribution in [-0.2, 0) is 6.42 Å². The van der Waals surface area contributed by atoms with Gasteiger partial charge in [-0.2, -0.15) is 0 Å². The SMILES string of the molecule is [CH2]CCc1cccc(N2CCC(C(O)c3ccccc3)CC2)c1. The van der Waals surface area contributed by atoms with Gasteiger partial charge in [-0.3, -0.25) is 0 Å². The van der Waals surface area contributed by atoms with Crippen molar-refractivity contribution in [1.82, 2.24) is 0 Å². The van der Waals surface area contributed by atoms with E-state index in [1.807, 2.05) is 30.3 Å². The lowest BCUT2D eigenvalue weighted by molar-refractivity contribution is 0.0930. The van der Waals surface area contributed by atoms with Gasteiger partial charge >= 0.3 is 0 Å². The van der Waals surface area contributed by atoms with Gasteiger partial charge in [-0.05, 0) is 54.9 Å². The smallest absolute Gasteiger partial charge is 0.0819 e. The lowest BCUT2D eigenvalue weighted by Gasteiger charge is -2.36. The Kier molecular flexibility index (Phi) is 5.35. The number of aliphatic hydroxyl groups excluding tert-OH is 1. The molecule has 1 unspecified atom stereocenters. The van der Waals surface area contributed by atoms with E-state index in [1.165, 1.54) is 11.3 Å². The fourth-order valence-electron chi connectivity index (χ4n) is 3.51. The molecule has 1 fully saturated rings. The van der Waals surface area contributed by atoms with Crippen molar-refractivity contribution >= 4 is 5.69 Å². The van der Waals surface area contributed by atoms with E-state index in [0.29, 0.717) is 5.92 Å². The number of aryl methyl sites for hydroxylation is 1. The molecule has 1 saturated heterocycles. The van der Waals surface area contributed by atoms with Gasteiger partial charge < -0.3 is 10.0 Å². The molecule has 1 aliphatic rings. The standard InChI is InChI=1S/C21H26NO/c1-2-7-17-8-6-11-20(16-17)22-14-12-19(13-15-22)21(23)18-9-4-3-5-10-18/h3-6,8-11,16,19,21,23H,1-2,7,12-15H2. The largest absolute Gasteiger partial charge is 0.388 e. The first kappa shape index (κ1) is 16.1. The van der Waals surface area contributed by atoms with Crippen LogP contribution in [-0.4, -0.2) is 18.2 Å². The molecule has 2 aromatic rings. The van der Waals surface area contributed by atoms with E-state index in [1.54, 1.807) is 0 Å². The summed E-state index contributed by atoms with van der Waals surface area (Å²) in [6.07, 6.45) is 3.72. The minimum absolute atomic E-state index is 0.337. The molecule has 0 amide bonds. The summed E-state index contributed by atoms with van der Waals surface area (Å²) >= 11 is 0. The monoisotopic (exact) mass is 308 g/mol. The number of benzene rings is 2. The topological polar surface area (TPSA) is 23.5 Å². The lowest BCUT2D eigenvalue weighted by atomic mass is 9.87.